The lowest BCUT2D eigenvalue weighted by molar-refractivity contribution is 0.152. The number of ether oxygens (including phenoxy) is 3. The summed E-state index contributed by atoms with van der Waals surface area (Å²) in [5.41, 5.74) is 0. The summed E-state index contributed by atoms with van der Waals surface area (Å²) in [7, 11) is 4.07. The number of benzene rings is 1. The Labute approximate surface area is 102 Å². The smallest absolute Gasteiger partial charge is 0.203 e. The first-order valence-electron chi connectivity index (χ1n) is 5.86. The fraction of sp³-hybridized carbons (Fsp3) is 0.538. The van der Waals surface area contributed by atoms with Crippen LogP contribution >= 0.6 is 0 Å². The van der Waals surface area contributed by atoms with Gasteiger partial charge in [-0.05, 0) is 33.2 Å². The molecule has 1 aromatic carbocycles. The summed E-state index contributed by atoms with van der Waals surface area (Å²) in [4.78, 5) is 2.12. The van der Waals surface area contributed by atoms with E-state index in [0.29, 0.717) is 25.9 Å². The molecule has 1 heterocycles. The molecule has 0 saturated carbocycles. The van der Waals surface area contributed by atoms with Gasteiger partial charge in [0.1, 0.15) is 19.8 Å². The second kappa shape index (κ2) is 5.27. The van der Waals surface area contributed by atoms with E-state index in [1.165, 1.54) is 0 Å². The minimum atomic E-state index is 0.357. The maximum atomic E-state index is 5.78. The lowest BCUT2D eigenvalue weighted by atomic mass is 10.2. The maximum absolute atomic E-state index is 5.78. The van der Waals surface area contributed by atoms with Crippen LogP contribution in [0.3, 0.4) is 0 Å². The normalized spacial score (nSPS) is 15.8. The third-order valence-electron chi connectivity index (χ3n) is 2.89. The molecular formula is C13H19NO3. The Morgan fingerprint density at radius 2 is 2.06 bits per heavy atom. The van der Waals surface area contributed by atoms with E-state index in [4.69, 9.17) is 14.2 Å². The Balaban J connectivity index is 2.06. The highest BCUT2D eigenvalue weighted by Gasteiger charge is 2.17. The number of fused-ring (bicyclic) bond motifs is 1. The Morgan fingerprint density at radius 3 is 2.82 bits per heavy atom. The largest absolute Gasteiger partial charge is 0.488 e. The van der Waals surface area contributed by atoms with Gasteiger partial charge in [0, 0.05) is 6.04 Å². The molecule has 0 radical (unpaired) electrons. The highest BCUT2D eigenvalue weighted by atomic mass is 16.6. The SMILES string of the molecule is CC(COc1cccc2c1OCCO2)N(C)C. The van der Waals surface area contributed by atoms with Crippen molar-refractivity contribution in [2.24, 2.45) is 0 Å². The first-order chi connectivity index (χ1) is 8.18. The lowest BCUT2D eigenvalue weighted by Crippen LogP contribution is -2.30. The van der Waals surface area contributed by atoms with Gasteiger partial charge in [-0.2, -0.15) is 0 Å². The van der Waals surface area contributed by atoms with Gasteiger partial charge in [-0.15, -0.1) is 0 Å². The van der Waals surface area contributed by atoms with E-state index >= 15 is 0 Å². The zero-order chi connectivity index (χ0) is 12.3. The summed E-state index contributed by atoms with van der Waals surface area (Å²) in [6.45, 7) is 3.93. The average molecular weight is 237 g/mol. The Morgan fingerprint density at radius 1 is 1.29 bits per heavy atom. The lowest BCUT2D eigenvalue weighted by Gasteiger charge is -2.23. The fourth-order valence-corrected chi connectivity index (χ4v) is 1.52. The molecule has 1 atom stereocenters. The topological polar surface area (TPSA) is 30.9 Å². The number of rotatable bonds is 4. The van der Waals surface area contributed by atoms with Crippen molar-refractivity contribution in [3.8, 4) is 17.2 Å². The van der Waals surface area contributed by atoms with E-state index in [1.54, 1.807) is 0 Å². The van der Waals surface area contributed by atoms with Crippen molar-refractivity contribution >= 4 is 0 Å². The van der Waals surface area contributed by atoms with Crippen LogP contribution in [0.1, 0.15) is 6.92 Å². The molecule has 0 amide bonds. The summed E-state index contributed by atoms with van der Waals surface area (Å²) in [6.07, 6.45) is 0. The van der Waals surface area contributed by atoms with Gasteiger partial charge in [0.2, 0.25) is 5.75 Å². The molecule has 1 aliphatic rings. The van der Waals surface area contributed by atoms with Crippen molar-refractivity contribution in [3.05, 3.63) is 18.2 Å². The van der Waals surface area contributed by atoms with E-state index in [9.17, 15) is 0 Å². The summed E-state index contributed by atoms with van der Waals surface area (Å²) >= 11 is 0. The predicted molar refractivity (Wildman–Crippen MR) is 66.1 cm³/mol. The van der Waals surface area contributed by atoms with Gasteiger partial charge in [0.15, 0.2) is 11.5 Å². The fourth-order valence-electron chi connectivity index (χ4n) is 1.52. The minimum Gasteiger partial charge on any atom is -0.488 e. The highest BCUT2D eigenvalue weighted by molar-refractivity contribution is 5.51. The quantitative estimate of drug-likeness (QED) is 0.799. The number of hydrogen-bond acceptors (Lipinski definition) is 4. The Bertz CT molecular complexity index is 379. The molecule has 0 bridgehead atoms. The van der Waals surface area contributed by atoms with Crippen LogP contribution in [0.4, 0.5) is 0 Å². The van der Waals surface area contributed by atoms with Gasteiger partial charge in [-0.1, -0.05) is 6.07 Å². The number of likely N-dealkylation sites (N-methyl/N-ethyl adjacent to an activating group) is 1. The monoisotopic (exact) mass is 237 g/mol. The zero-order valence-corrected chi connectivity index (χ0v) is 10.6. The molecule has 4 heteroatoms. The molecular weight excluding hydrogens is 218 g/mol. The van der Waals surface area contributed by atoms with E-state index in [2.05, 4.69) is 11.8 Å². The van der Waals surface area contributed by atoms with Gasteiger partial charge in [-0.25, -0.2) is 0 Å². The Kier molecular flexibility index (Phi) is 3.74. The van der Waals surface area contributed by atoms with Crippen LogP contribution in [-0.4, -0.2) is 44.9 Å². The molecule has 94 valence electrons. The van der Waals surface area contributed by atoms with Crippen LogP contribution < -0.4 is 14.2 Å². The van der Waals surface area contributed by atoms with Crippen molar-refractivity contribution in [2.75, 3.05) is 33.9 Å². The number of para-hydroxylation sites is 1. The molecule has 0 fully saturated rings. The molecule has 2 rings (SSSR count). The van der Waals surface area contributed by atoms with Crippen LogP contribution in [0.25, 0.3) is 0 Å². The summed E-state index contributed by atoms with van der Waals surface area (Å²) in [5, 5.41) is 0. The average Bonchev–Trinajstić information content (AvgIpc) is 2.35. The van der Waals surface area contributed by atoms with E-state index in [-0.39, 0.29) is 0 Å². The summed E-state index contributed by atoms with van der Waals surface area (Å²) in [6, 6.07) is 6.09. The Hall–Kier alpha value is -1.42. The third-order valence-corrected chi connectivity index (χ3v) is 2.89. The maximum Gasteiger partial charge on any atom is 0.203 e. The molecule has 4 nitrogen and oxygen atoms in total. The second-order valence-electron chi connectivity index (χ2n) is 4.40. The van der Waals surface area contributed by atoms with Gasteiger partial charge in [0.25, 0.3) is 0 Å². The molecule has 1 aliphatic heterocycles. The second-order valence-corrected chi connectivity index (χ2v) is 4.40. The molecule has 0 aliphatic carbocycles. The number of hydrogen-bond donors (Lipinski definition) is 0. The standard InChI is InChI=1S/C13H19NO3/c1-10(14(2)3)9-17-12-6-4-5-11-13(12)16-8-7-15-11/h4-6,10H,7-9H2,1-3H3. The van der Waals surface area contributed by atoms with Gasteiger partial charge >= 0.3 is 0 Å². The molecule has 1 aromatic rings. The van der Waals surface area contributed by atoms with Crippen molar-refractivity contribution < 1.29 is 14.2 Å². The molecule has 0 aromatic heterocycles. The predicted octanol–water partition coefficient (Wildman–Crippen LogP) is 1.79. The van der Waals surface area contributed by atoms with E-state index < -0.39 is 0 Å². The van der Waals surface area contributed by atoms with Crippen molar-refractivity contribution in [1.29, 1.82) is 0 Å². The van der Waals surface area contributed by atoms with Gasteiger partial charge < -0.3 is 19.1 Å². The summed E-state index contributed by atoms with van der Waals surface area (Å²) in [5.74, 6) is 2.26. The van der Waals surface area contributed by atoms with Crippen LogP contribution in [0.2, 0.25) is 0 Å². The van der Waals surface area contributed by atoms with Crippen LogP contribution in [0.15, 0.2) is 18.2 Å². The van der Waals surface area contributed by atoms with Gasteiger partial charge in [0.05, 0.1) is 0 Å². The van der Waals surface area contributed by atoms with Crippen LogP contribution in [-0.2, 0) is 0 Å². The van der Waals surface area contributed by atoms with E-state index in [1.807, 2.05) is 32.3 Å². The molecule has 0 N–H and O–H groups in total. The molecule has 17 heavy (non-hydrogen) atoms. The highest BCUT2D eigenvalue weighted by Crippen LogP contribution is 2.38. The first-order valence-corrected chi connectivity index (χ1v) is 5.86. The van der Waals surface area contributed by atoms with Crippen molar-refractivity contribution in [1.82, 2.24) is 4.90 Å². The van der Waals surface area contributed by atoms with E-state index in [0.717, 1.165) is 17.2 Å². The van der Waals surface area contributed by atoms with Gasteiger partial charge in [-0.3, -0.25) is 0 Å². The van der Waals surface area contributed by atoms with Crippen molar-refractivity contribution in [2.45, 2.75) is 13.0 Å². The molecule has 0 saturated heterocycles. The molecule has 1 unspecified atom stereocenters. The van der Waals surface area contributed by atoms with Crippen LogP contribution in [0, 0.1) is 0 Å². The van der Waals surface area contributed by atoms with Crippen molar-refractivity contribution in [3.63, 3.8) is 0 Å². The zero-order valence-electron chi connectivity index (χ0n) is 10.6. The number of nitrogens with zero attached hydrogens (tertiary/aromatic N) is 1. The molecule has 0 spiro atoms. The summed E-state index contributed by atoms with van der Waals surface area (Å²) < 4.78 is 16.9. The van der Waals surface area contributed by atoms with Crippen LogP contribution in [0.5, 0.6) is 17.2 Å². The third kappa shape index (κ3) is 2.82. The minimum absolute atomic E-state index is 0.357. The first kappa shape index (κ1) is 12.0.